The summed E-state index contributed by atoms with van der Waals surface area (Å²) >= 11 is 0. The number of ether oxygens (including phenoxy) is 1. The van der Waals surface area contributed by atoms with Crippen molar-refractivity contribution in [2.24, 2.45) is 0 Å². The SMILES string of the molecule is CCCCc1cnc(-c2ccc(CC(C)OC(=O)CC)cc2)nc1. The molecule has 0 bridgehead atoms. The molecule has 128 valence electrons. The van der Waals surface area contributed by atoms with Gasteiger partial charge < -0.3 is 4.74 Å². The predicted octanol–water partition coefficient (Wildman–Crippen LogP) is 4.37. The molecule has 0 saturated carbocycles. The maximum atomic E-state index is 11.3. The smallest absolute Gasteiger partial charge is 0.305 e. The molecule has 4 nitrogen and oxygen atoms in total. The predicted molar refractivity (Wildman–Crippen MR) is 95.6 cm³/mol. The van der Waals surface area contributed by atoms with Crippen LogP contribution in [0.4, 0.5) is 0 Å². The van der Waals surface area contributed by atoms with E-state index in [1.54, 1.807) is 6.92 Å². The molecular weight excluding hydrogens is 300 g/mol. The summed E-state index contributed by atoms with van der Waals surface area (Å²) in [6.45, 7) is 5.90. The van der Waals surface area contributed by atoms with Crippen molar-refractivity contribution < 1.29 is 9.53 Å². The minimum absolute atomic E-state index is 0.114. The number of aromatic nitrogens is 2. The molecule has 0 spiro atoms. The molecule has 1 unspecified atom stereocenters. The first-order chi connectivity index (χ1) is 11.6. The van der Waals surface area contributed by atoms with E-state index in [2.05, 4.69) is 16.9 Å². The van der Waals surface area contributed by atoms with Gasteiger partial charge in [-0.1, -0.05) is 44.5 Å². The molecule has 0 aliphatic rings. The van der Waals surface area contributed by atoms with Gasteiger partial charge in [-0.25, -0.2) is 9.97 Å². The number of rotatable bonds is 8. The molecule has 0 aliphatic heterocycles. The van der Waals surface area contributed by atoms with Crippen LogP contribution >= 0.6 is 0 Å². The normalized spacial score (nSPS) is 12.0. The van der Waals surface area contributed by atoms with Crippen LogP contribution in [0, 0.1) is 0 Å². The second-order valence-corrected chi connectivity index (χ2v) is 6.07. The van der Waals surface area contributed by atoms with Gasteiger partial charge in [-0.05, 0) is 30.9 Å². The summed E-state index contributed by atoms with van der Waals surface area (Å²) in [5.41, 5.74) is 3.32. The van der Waals surface area contributed by atoms with Gasteiger partial charge >= 0.3 is 5.97 Å². The third kappa shape index (κ3) is 5.44. The number of benzene rings is 1. The minimum Gasteiger partial charge on any atom is -0.462 e. The van der Waals surface area contributed by atoms with Crippen LogP contribution < -0.4 is 0 Å². The molecule has 0 saturated heterocycles. The lowest BCUT2D eigenvalue weighted by molar-refractivity contribution is -0.147. The lowest BCUT2D eigenvalue weighted by atomic mass is 10.1. The van der Waals surface area contributed by atoms with E-state index in [0.29, 0.717) is 12.8 Å². The van der Waals surface area contributed by atoms with E-state index in [1.807, 2.05) is 43.6 Å². The minimum atomic E-state index is -0.157. The highest BCUT2D eigenvalue weighted by Gasteiger charge is 2.09. The van der Waals surface area contributed by atoms with E-state index >= 15 is 0 Å². The first-order valence-electron chi connectivity index (χ1n) is 8.72. The summed E-state index contributed by atoms with van der Waals surface area (Å²) in [6, 6.07) is 8.12. The van der Waals surface area contributed by atoms with Gasteiger partial charge in [-0.2, -0.15) is 0 Å². The second kappa shape index (κ2) is 9.16. The van der Waals surface area contributed by atoms with Crippen LogP contribution in [-0.2, 0) is 22.4 Å². The zero-order chi connectivity index (χ0) is 17.4. The van der Waals surface area contributed by atoms with Crippen molar-refractivity contribution in [2.45, 2.75) is 59.0 Å². The summed E-state index contributed by atoms with van der Waals surface area (Å²) in [4.78, 5) is 20.2. The van der Waals surface area contributed by atoms with Gasteiger partial charge in [-0.15, -0.1) is 0 Å². The Balaban J connectivity index is 1.97. The maximum absolute atomic E-state index is 11.3. The van der Waals surface area contributed by atoms with Crippen LogP contribution in [0.5, 0.6) is 0 Å². The fraction of sp³-hybridized carbons (Fsp3) is 0.450. The zero-order valence-electron chi connectivity index (χ0n) is 14.8. The Kier molecular flexibility index (Phi) is 6.91. The molecule has 1 aromatic carbocycles. The number of hydrogen-bond acceptors (Lipinski definition) is 4. The third-order valence-corrected chi connectivity index (χ3v) is 3.88. The van der Waals surface area contributed by atoms with Crippen LogP contribution in [0.3, 0.4) is 0 Å². The molecule has 0 aliphatic carbocycles. The fourth-order valence-corrected chi connectivity index (χ4v) is 2.49. The molecule has 1 atom stereocenters. The molecule has 0 amide bonds. The van der Waals surface area contributed by atoms with Gasteiger partial charge in [0.1, 0.15) is 6.10 Å². The van der Waals surface area contributed by atoms with Gasteiger partial charge in [0.05, 0.1) is 0 Å². The van der Waals surface area contributed by atoms with E-state index in [1.165, 1.54) is 12.0 Å². The van der Waals surface area contributed by atoms with E-state index in [0.717, 1.165) is 29.8 Å². The summed E-state index contributed by atoms with van der Waals surface area (Å²) in [5.74, 6) is 0.586. The Morgan fingerprint density at radius 2 is 1.75 bits per heavy atom. The van der Waals surface area contributed by atoms with Gasteiger partial charge in [0.15, 0.2) is 5.82 Å². The number of hydrogen-bond donors (Lipinski definition) is 0. The molecule has 2 rings (SSSR count). The number of carbonyl (C=O) groups is 1. The number of esters is 1. The molecule has 0 N–H and O–H groups in total. The third-order valence-electron chi connectivity index (χ3n) is 3.88. The summed E-state index contributed by atoms with van der Waals surface area (Å²) in [6.07, 6.45) is 8.21. The number of aryl methyl sites for hydroxylation is 1. The number of nitrogens with zero attached hydrogens (tertiary/aromatic N) is 2. The Bertz CT molecular complexity index is 636. The Hall–Kier alpha value is -2.23. The quantitative estimate of drug-likeness (QED) is 0.676. The number of unbranched alkanes of at least 4 members (excludes halogenated alkanes) is 1. The van der Waals surface area contributed by atoms with Gasteiger partial charge in [-0.3, -0.25) is 4.79 Å². The van der Waals surface area contributed by atoms with Crippen molar-refractivity contribution >= 4 is 5.97 Å². The summed E-state index contributed by atoms with van der Waals surface area (Å²) < 4.78 is 5.30. The van der Waals surface area contributed by atoms with Crippen molar-refractivity contribution in [3.63, 3.8) is 0 Å². The Morgan fingerprint density at radius 1 is 1.08 bits per heavy atom. The average Bonchev–Trinajstić information content (AvgIpc) is 2.61. The first kappa shape index (κ1) is 18.1. The first-order valence-corrected chi connectivity index (χ1v) is 8.72. The van der Waals surface area contributed by atoms with Crippen LogP contribution in [0.15, 0.2) is 36.7 Å². The van der Waals surface area contributed by atoms with Crippen molar-refractivity contribution in [3.8, 4) is 11.4 Å². The molecule has 2 aromatic rings. The van der Waals surface area contributed by atoms with E-state index < -0.39 is 0 Å². The summed E-state index contributed by atoms with van der Waals surface area (Å²) in [7, 11) is 0. The molecule has 24 heavy (non-hydrogen) atoms. The molecule has 1 aromatic heterocycles. The fourth-order valence-electron chi connectivity index (χ4n) is 2.49. The van der Waals surface area contributed by atoms with Crippen molar-refractivity contribution in [2.75, 3.05) is 0 Å². The van der Waals surface area contributed by atoms with Crippen LogP contribution in [0.25, 0.3) is 11.4 Å². The number of carbonyl (C=O) groups excluding carboxylic acids is 1. The van der Waals surface area contributed by atoms with Crippen molar-refractivity contribution in [3.05, 3.63) is 47.8 Å². The lowest BCUT2D eigenvalue weighted by Crippen LogP contribution is -2.16. The van der Waals surface area contributed by atoms with E-state index in [4.69, 9.17) is 4.74 Å². The molecule has 1 heterocycles. The molecular formula is C20H26N2O2. The topological polar surface area (TPSA) is 52.1 Å². The van der Waals surface area contributed by atoms with E-state index in [-0.39, 0.29) is 12.1 Å². The van der Waals surface area contributed by atoms with Crippen LogP contribution in [0.1, 0.15) is 51.2 Å². The monoisotopic (exact) mass is 326 g/mol. The molecule has 4 heteroatoms. The van der Waals surface area contributed by atoms with Gasteiger partial charge in [0.2, 0.25) is 0 Å². The maximum Gasteiger partial charge on any atom is 0.305 e. The van der Waals surface area contributed by atoms with Crippen molar-refractivity contribution in [1.29, 1.82) is 0 Å². The highest BCUT2D eigenvalue weighted by molar-refractivity contribution is 5.69. The standard InChI is InChI=1S/C20H26N2O2/c1-4-6-7-17-13-21-20(22-14-17)18-10-8-16(9-11-18)12-15(3)24-19(23)5-2/h8-11,13-15H,4-7,12H2,1-3H3. The van der Waals surface area contributed by atoms with Gasteiger partial charge in [0.25, 0.3) is 0 Å². The van der Waals surface area contributed by atoms with Gasteiger partial charge in [0, 0.05) is 30.8 Å². The average molecular weight is 326 g/mol. The largest absolute Gasteiger partial charge is 0.462 e. The lowest BCUT2D eigenvalue weighted by Gasteiger charge is -2.13. The van der Waals surface area contributed by atoms with Crippen LogP contribution in [0.2, 0.25) is 0 Å². The van der Waals surface area contributed by atoms with E-state index in [9.17, 15) is 4.79 Å². The highest BCUT2D eigenvalue weighted by Crippen LogP contribution is 2.17. The van der Waals surface area contributed by atoms with Crippen molar-refractivity contribution in [1.82, 2.24) is 9.97 Å². The Morgan fingerprint density at radius 3 is 2.33 bits per heavy atom. The summed E-state index contributed by atoms with van der Waals surface area (Å²) in [5, 5.41) is 0. The highest BCUT2D eigenvalue weighted by atomic mass is 16.5. The zero-order valence-corrected chi connectivity index (χ0v) is 14.8. The Labute approximate surface area is 144 Å². The molecule has 0 radical (unpaired) electrons. The van der Waals surface area contributed by atoms with Crippen LogP contribution in [-0.4, -0.2) is 22.0 Å². The molecule has 0 fully saturated rings. The second-order valence-electron chi connectivity index (χ2n) is 6.07.